The number of rotatable bonds is 0. The minimum atomic E-state index is 0.612. The summed E-state index contributed by atoms with van der Waals surface area (Å²) in [4.78, 5) is 0. The first-order chi connectivity index (χ1) is 4.12. The molecule has 3 saturated carbocycles. The fourth-order valence-electron chi connectivity index (χ4n) is 1.75. The van der Waals surface area contributed by atoms with E-state index in [1.165, 1.54) is 12.8 Å². The normalized spacial score (nSPS) is 53.0. The summed E-state index contributed by atoms with van der Waals surface area (Å²) in [5.74, 6) is 2.12. The second-order valence-electron chi connectivity index (χ2n) is 3.00. The van der Waals surface area contributed by atoms with Gasteiger partial charge in [-0.3, -0.25) is 0 Å². The Hall–Kier alpha value is 2.19. The van der Waals surface area contributed by atoms with Crippen LogP contribution in [0.2, 0.25) is 0 Å². The van der Waals surface area contributed by atoms with Crippen LogP contribution >= 0.6 is 67.8 Å². The SMILES string of the molecule is I[C@H]1C2CC(C2)C1(I)I. The summed E-state index contributed by atoms with van der Waals surface area (Å²) >= 11 is 7.91. The molecule has 0 aromatic rings. The number of hydrogen-bond acceptors (Lipinski definition) is 0. The van der Waals surface area contributed by atoms with Crippen molar-refractivity contribution in [2.75, 3.05) is 0 Å². The van der Waals surface area contributed by atoms with E-state index < -0.39 is 0 Å². The average Bonchev–Trinajstić information content (AvgIpc) is 1.84. The maximum Gasteiger partial charge on any atom is 0.0882 e. The molecule has 3 heteroatoms. The quantitative estimate of drug-likeness (QED) is 0.385. The van der Waals surface area contributed by atoms with Crippen LogP contribution in [-0.4, -0.2) is 5.35 Å². The van der Waals surface area contributed by atoms with E-state index in [4.69, 9.17) is 0 Å². The molecular formula is C6H7I3. The Morgan fingerprint density at radius 3 is 1.89 bits per heavy atom. The Morgan fingerprint density at radius 2 is 1.78 bits per heavy atom. The largest absolute Gasteiger partial charge is 0.0882 e. The van der Waals surface area contributed by atoms with Crippen molar-refractivity contribution in [3.8, 4) is 0 Å². The molecule has 1 atom stereocenters. The summed E-state index contributed by atoms with van der Waals surface area (Å²) in [6.45, 7) is 0. The van der Waals surface area contributed by atoms with Crippen molar-refractivity contribution >= 4 is 67.8 Å². The smallest absolute Gasteiger partial charge is 0.0800 e. The molecule has 0 amide bonds. The topological polar surface area (TPSA) is 0 Å². The summed E-state index contributed by atoms with van der Waals surface area (Å²) in [5.41, 5.74) is 0. The molecule has 0 N–H and O–H groups in total. The molecule has 0 saturated heterocycles. The molecule has 9 heavy (non-hydrogen) atoms. The maximum atomic E-state index is 2.64. The Balaban J connectivity index is 2.26. The number of hydrogen-bond donors (Lipinski definition) is 0. The van der Waals surface area contributed by atoms with Crippen LogP contribution < -0.4 is 0 Å². The molecule has 0 unspecified atom stereocenters. The van der Waals surface area contributed by atoms with Crippen LogP contribution in [0.3, 0.4) is 0 Å². The zero-order valence-electron chi connectivity index (χ0n) is 4.78. The zero-order chi connectivity index (χ0) is 6.65. The van der Waals surface area contributed by atoms with Crippen molar-refractivity contribution in [1.29, 1.82) is 0 Å². The van der Waals surface area contributed by atoms with Gasteiger partial charge in [-0.1, -0.05) is 67.8 Å². The predicted molar refractivity (Wildman–Crippen MR) is 64.8 cm³/mol. The van der Waals surface area contributed by atoms with Crippen molar-refractivity contribution in [2.45, 2.75) is 18.2 Å². The lowest BCUT2D eigenvalue weighted by molar-refractivity contribution is 0.310. The molecule has 3 fully saturated rings. The Kier molecular flexibility index (Phi) is 2.03. The first kappa shape index (κ1) is 7.82. The van der Waals surface area contributed by atoms with Crippen LogP contribution in [0, 0.1) is 11.8 Å². The molecule has 3 rings (SSSR count). The van der Waals surface area contributed by atoms with Crippen molar-refractivity contribution in [1.82, 2.24) is 0 Å². The van der Waals surface area contributed by atoms with Crippen LogP contribution in [0.4, 0.5) is 0 Å². The highest BCUT2D eigenvalue weighted by atomic mass is 127. The number of fused-ring (bicyclic) bond motifs is 1. The third-order valence-electron chi connectivity index (χ3n) is 2.50. The lowest BCUT2D eigenvalue weighted by atomic mass is 9.85. The summed E-state index contributed by atoms with van der Waals surface area (Å²) in [5, 5.41) is 0. The minimum absolute atomic E-state index is 0.612. The average molecular weight is 460 g/mol. The van der Waals surface area contributed by atoms with E-state index >= 15 is 0 Å². The van der Waals surface area contributed by atoms with Crippen molar-refractivity contribution in [2.24, 2.45) is 11.8 Å². The molecule has 0 aromatic carbocycles. The molecule has 0 aromatic heterocycles. The third kappa shape index (κ3) is 0.996. The van der Waals surface area contributed by atoms with E-state index in [0.29, 0.717) is 1.43 Å². The van der Waals surface area contributed by atoms with E-state index in [9.17, 15) is 0 Å². The van der Waals surface area contributed by atoms with Crippen molar-refractivity contribution < 1.29 is 0 Å². The van der Waals surface area contributed by atoms with Gasteiger partial charge in [0, 0.05) is 3.92 Å². The molecule has 2 bridgehead atoms. The molecule has 3 aliphatic carbocycles. The summed E-state index contributed by atoms with van der Waals surface area (Å²) < 4.78 is 1.56. The second kappa shape index (κ2) is 2.34. The van der Waals surface area contributed by atoms with Gasteiger partial charge in [-0.25, -0.2) is 0 Å². The highest BCUT2D eigenvalue weighted by molar-refractivity contribution is 14.2. The van der Waals surface area contributed by atoms with Crippen LogP contribution in [0.15, 0.2) is 0 Å². The summed E-state index contributed by atoms with van der Waals surface area (Å²) in [6, 6.07) is 0. The first-order valence-corrected chi connectivity index (χ1v) is 6.54. The Morgan fingerprint density at radius 1 is 1.22 bits per heavy atom. The first-order valence-electron chi connectivity index (χ1n) is 3.14. The van der Waals surface area contributed by atoms with Gasteiger partial charge in [0.05, 0.1) is 1.43 Å². The van der Waals surface area contributed by atoms with Gasteiger partial charge >= 0.3 is 0 Å². The van der Waals surface area contributed by atoms with Gasteiger partial charge in [-0.05, 0) is 24.7 Å². The molecule has 3 aliphatic rings. The molecule has 0 nitrogen and oxygen atoms in total. The number of alkyl halides is 3. The van der Waals surface area contributed by atoms with Gasteiger partial charge < -0.3 is 0 Å². The zero-order valence-corrected chi connectivity index (χ0v) is 11.3. The van der Waals surface area contributed by atoms with E-state index in [-0.39, 0.29) is 0 Å². The van der Waals surface area contributed by atoms with Gasteiger partial charge in [-0.15, -0.1) is 0 Å². The molecule has 0 heterocycles. The Bertz CT molecular complexity index is 137. The van der Waals surface area contributed by atoms with Crippen LogP contribution in [0.25, 0.3) is 0 Å². The van der Waals surface area contributed by atoms with Crippen molar-refractivity contribution in [3.05, 3.63) is 0 Å². The van der Waals surface area contributed by atoms with Gasteiger partial charge in [-0.2, -0.15) is 0 Å². The lowest BCUT2D eigenvalue weighted by Crippen LogP contribution is -2.20. The summed E-state index contributed by atoms with van der Waals surface area (Å²) in [6.07, 6.45) is 3.03. The van der Waals surface area contributed by atoms with Gasteiger partial charge in [0.15, 0.2) is 0 Å². The van der Waals surface area contributed by atoms with Crippen LogP contribution in [-0.2, 0) is 0 Å². The fourth-order valence-corrected chi connectivity index (χ4v) is 4.88. The lowest BCUT2D eigenvalue weighted by Gasteiger charge is -2.25. The van der Waals surface area contributed by atoms with Gasteiger partial charge in [0.2, 0.25) is 0 Å². The standard InChI is InChI=1S/C6H7I3/c7-5-3-1-4(2-3)6(5,8)9/h3-5H,1-2H2/t3?,4?,5-/m0/s1. The van der Waals surface area contributed by atoms with Crippen molar-refractivity contribution in [3.63, 3.8) is 0 Å². The monoisotopic (exact) mass is 460 g/mol. The highest BCUT2D eigenvalue weighted by Gasteiger charge is 2.58. The van der Waals surface area contributed by atoms with E-state index in [0.717, 1.165) is 15.8 Å². The minimum Gasteiger partial charge on any atom is -0.0800 e. The predicted octanol–water partition coefficient (Wildman–Crippen LogP) is 3.40. The molecule has 0 spiro atoms. The molecule has 0 aliphatic heterocycles. The molecule has 52 valence electrons. The molecule has 0 radical (unpaired) electrons. The van der Waals surface area contributed by atoms with Gasteiger partial charge in [0.1, 0.15) is 0 Å². The van der Waals surface area contributed by atoms with Crippen LogP contribution in [0.5, 0.6) is 0 Å². The van der Waals surface area contributed by atoms with E-state index in [1.54, 1.807) is 0 Å². The Labute approximate surface area is 96.3 Å². The number of halogens is 3. The maximum absolute atomic E-state index is 2.64. The highest BCUT2D eigenvalue weighted by Crippen LogP contribution is 2.65. The molecular weight excluding hydrogens is 453 g/mol. The third-order valence-corrected chi connectivity index (χ3v) is 9.99. The summed E-state index contributed by atoms with van der Waals surface area (Å²) in [7, 11) is 0. The second-order valence-corrected chi connectivity index (χ2v) is 9.98. The van der Waals surface area contributed by atoms with E-state index in [1.807, 2.05) is 0 Å². The van der Waals surface area contributed by atoms with Gasteiger partial charge in [0.25, 0.3) is 0 Å². The van der Waals surface area contributed by atoms with E-state index in [2.05, 4.69) is 67.8 Å². The fraction of sp³-hybridized carbons (Fsp3) is 1.00. The van der Waals surface area contributed by atoms with Crippen LogP contribution in [0.1, 0.15) is 12.8 Å².